The maximum absolute atomic E-state index is 12.8. The maximum Gasteiger partial charge on any atom is 0.242 e. The Bertz CT molecular complexity index is 790. The second-order valence-corrected chi connectivity index (χ2v) is 6.51. The van der Waals surface area contributed by atoms with E-state index in [1.807, 2.05) is 0 Å². The minimum atomic E-state index is -3.96. The summed E-state index contributed by atoms with van der Waals surface area (Å²) in [6.45, 7) is 1.36. The van der Waals surface area contributed by atoms with Crippen molar-refractivity contribution in [3.8, 4) is 0 Å². The first kappa shape index (κ1) is 17.0. The summed E-state index contributed by atoms with van der Waals surface area (Å²) in [6, 6.07) is 8.20. The van der Waals surface area contributed by atoms with Crippen LogP contribution in [0.5, 0.6) is 0 Å². The topological polar surface area (TPSA) is 75.3 Å². The van der Waals surface area contributed by atoms with Crippen molar-refractivity contribution in [1.82, 2.24) is 4.72 Å². The Kier molecular flexibility index (Phi) is 5.07. The number of benzene rings is 2. The van der Waals surface area contributed by atoms with Gasteiger partial charge in [-0.25, -0.2) is 17.2 Å². The summed E-state index contributed by atoms with van der Waals surface area (Å²) in [7, 11) is -3.96. The van der Waals surface area contributed by atoms with E-state index in [0.29, 0.717) is 5.69 Å². The lowest BCUT2D eigenvalue weighted by molar-refractivity contribution is -0.117. The monoisotopic (exact) mass is 340 g/mol. The molecule has 8 heteroatoms. The standard InChI is InChI=1S/C15H14F2N2O3S/c1-10(15(20)18-13-6-2-11(16)3-7-13)19-23(21,22)14-8-4-12(17)5-9-14/h2-10,19H,1H3,(H,18,20)/t10-/m1/s1. The second kappa shape index (κ2) is 6.84. The van der Waals surface area contributed by atoms with Crippen LogP contribution in [-0.2, 0) is 14.8 Å². The number of carbonyl (C=O) groups excluding carboxylic acids is 1. The summed E-state index contributed by atoms with van der Waals surface area (Å²) in [6.07, 6.45) is 0. The van der Waals surface area contributed by atoms with Gasteiger partial charge >= 0.3 is 0 Å². The predicted molar refractivity (Wildman–Crippen MR) is 81.2 cm³/mol. The zero-order valence-electron chi connectivity index (χ0n) is 12.1. The van der Waals surface area contributed by atoms with Crippen molar-refractivity contribution in [2.24, 2.45) is 0 Å². The van der Waals surface area contributed by atoms with Crippen LogP contribution in [0, 0.1) is 11.6 Å². The van der Waals surface area contributed by atoms with Gasteiger partial charge in [-0.1, -0.05) is 0 Å². The average molecular weight is 340 g/mol. The van der Waals surface area contributed by atoms with Gasteiger partial charge in [0, 0.05) is 5.69 Å². The first-order chi connectivity index (χ1) is 10.8. The van der Waals surface area contributed by atoms with Crippen molar-refractivity contribution in [2.75, 3.05) is 5.32 Å². The number of hydrogen-bond acceptors (Lipinski definition) is 3. The van der Waals surface area contributed by atoms with E-state index < -0.39 is 33.6 Å². The lowest BCUT2D eigenvalue weighted by atomic mass is 10.3. The third-order valence-electron chi connectivity index (χ3n) is 2.96. The molecule has 0 bridgehead atoms. The van der Waals surface area contributed by atoms with E-state index in [0.717, 1.165) is 24.3 Å². The van der Waals surface area contributed by atoms with Gasteiger partial charge in [-0.05, 0) is 55.5 Å². The van der Waals surface area contributed by atoms with Gasteiger partial charge in [-0.2, -0.15) is 4.72 Å². The first-order valence-corrected chi connectivity index (χ1v) is 8.10. The lowest BCUT2D eigenvalue weighted by Gasteiger charge is -2.14. The van der Waals surface area contributed by atoms with Crippen molar-refractivity contribution in [3.05, 3.63) is 60.2 Å². The van der Waals surface area contributed by atoms with E-state index in [9.17, 15) is 22.0 Å². The van der Waals surface area contributed by atoms with Crippen LogP contribution < -0.4 is 10.0 Å². The SMILES string of the molecule is C[C@@H](NS(=O)(=O)c1ccc(F)cc1)C(=O)Nc1ccc(F)cc1. The van der Waals surface area contributed by atoms with Gasteiger partial charge < -0.3 is 5.32 Å². The van der Waals surface area contributed by atoms with E-state index in [4.69, 9.17) is 0 Å². The molecule has 0 aliphatic carbocycles. The van der Waals surface area contributed by atoms with Gasteiger partial charge in [0.2, 0.25) is 15.9 Å². The highest BCUT2D eigenvalue weighted by Gasteiger charge is 2.22. The first-order valence-electron chi connectivity index (χ1n) is 6.62. The van der Waals surface area contributed by atoms with E-state index in [-0.39, 0.29) is 4.90 Å². The molecule has 0 aliphatic rings. The van der Waals surface area contributed by atoms with Crippen LogP contribution in [-0.4, -0.2) is 20.4 Å². The second-order valence-electron chi connectivity index (χ2n) is 4.79. The fraction of sp³-hybridized carbons (Fsp3) is 0.133. The molecule has 2 rings (SSSR count). The van der Waals surface area contributed by atoms with Gasteiger partial charge in [0.15, 0.2) is 0 Å². The van der Waals surface area contributed by atoms with Crippen LogP contribution in [0.15, 0.2) is 53.4 Å². The molecule has 2 aromatic rings. The zero-order chi connectivity index (χ0) is 17.0. The summed E-state index contributed by atoms with van der Waals surface area (Å²) < 4.78 is 52.0. The largest absolute Gasteiger partial charge is 0.325 e. The number of sulfonamides is 1. The Morgan fingerprint density at radius 3 is 1.96 bits per heavy atom. The molecule has 0 aromatic heterocycles. The third kappa shape index (κ3) is 4.57. The highest BCUT2D eigenvalue weighted by molar-refractivity contribution is 7.89. The van der Waals surface area contributed by atoms with E-state index in [1.54, 1.807) is 0 Å². The van der Waals surface area contributed by atoms with Crippen LogP contribution in [0.1, 0.15) is 6.92 Å². The summed E-state index contributed by atoms with van der Waals surface area (Å²) in [5.74, 6) is -1.62. The fourth-order valence-corrected chi connectivity index (χ4v) is 2.95. The van der Waals surface area contributed by atoms with Crippen LogP contribution in [0.25, 0.3) is 0 Å². The Morgan fingerprint density at radius 1 is 0.957 bits per heavy atom. The number of carbonyl (C=O) groups is 1. The smallest absolute Gasteiger partial charge is 0.242 e. The Balaban J connectivity index is 2.05. The molecule has 0 saturated carbocycles. The van der Waals surface area contributed by atoms with Gasteiger partial charge in [0.1, 0.15) is 11.6 Å². The number of halogens is 2. The van der Waals surface area contributed by atoms with E-state index in [2.05, 4.69) is 10.0 Å². The number of anilines is 1. The third-order valence-corrected chi connectivity index (χ3v) is 4.52. The van der Waals surface area contributed by atoms with Crippen LogP contribution in [0.2, 0.25) is 0 Å². The van der Waals surface area contributed by atoms with Gasteiger partial charge in [0.05, 0.1) is 10.9 Å². The molecule has 0 saturated heterocycles. The minimum absolute atomic E-state index is 0.152. The van der Waals surface area contributed by atoms with Crippen molar-refractivity contribution in [1.29, 1.82) is 0 Å². The summed E-state index contributed by atoms with van der Waals surface area (Å²) in [4.78, 5) is 11.8. The summed E-state index contributed by atoms with van der Waals surface area (Å²) in [5.41, 5.74) is 0.337. The number of amides is 1. The van der Waals surface area contributed by atoms with Crippen molar-refractivity contribution >= 4 is 21.6 Å². The van der Waals surface area contributed by atoms with Crippen molar-refractivity contribution in [3.63, 3.8) is 0 Å². The highest BCUT2D eigenvalue weighted by Crippen LogP contribution is 2.12. The molecule has 2 aromatic carbocycles. The molecule has 0 aliphatic heterocycles. The van der Waals surface area contributed by atoms with Gasteiger partial charge in [-0.15, -0.1) is 0 Å². The number of hydrogen-bond donors (Lipinski definition) is 2. The molecule has 2 N–H and O–H groups in total. The predicted octanol–water partition coefficient (Wildman–Crippen LogP) is 2.27. The molecular formula is C15H14F2N2O3S. The molecule has 0 radical (unpaired) electrons. The van der Waals surface area contributed by atoms with E-state index >= 15 is 0 Å². The minimum Gasteiger partial charge on any atom is -0.325 e. The summed E-state index contributed by atoms with van der Waals surface area (Å²) in [5, 5.41) is 2.46. The molecule has 0 unspecified atom stereocenters. The molecule has 23 heavy (non-hydrogen) atoms. The molecule has 5 nitrogen and oxygen atoms in total. The van der Waals surface area contributed by atoms with Crippen LogP contribution >= 0.6 is 0 Å². The normalized spacial score (nSPS) is 12.7. The molecule has 0 fully saturated rings. The molecule has 0 spiro atoms. The number of nitrogens with one attached hydrogen (secondary N) is 2. The molecule has 1 atom stereocenters. The van der Waals surface area contributed by atoms with Crippen LogP contribution in [0.3, 0.4) is 0 Å². The molecular weight excluding hydrogens is 326 g/mol. The van der Waals surface area contributed by atoms with Crippen molar-refractivity contribution in [2.45, 2.75) is 17.9 Å². The van der Waals surface area contributed by atoms with Gasteiger partial charge in [0.25, 0.3) is 0 Å². The average Bonchev–Trinajstić information content (AvgIpc) is 2.49. The highest BCUT2D eigenvalue weighted by atomic mass is 32.2. The number of rotatable bonds is 5. The molecule has 0 heterocycles. The molecule has 122 valence electrons. The Labute approximate surface area is 132 Å². The van der Waals surface area contributed by atoms with E-state index in [1.165, 1.54) is 31.2 Å². The quantitative estimate of drug-likeness (QED) is 0.877. The van der Waals surface area contributed by atoms with Crippen LogP contribution in [0.4, 0.5) is 14.5 Å². The van der Waals surface area contributed by atoms with Crippen molar-refractivity contribution < 1.29 is 22.0 Å². The Morgan fingerprint density at radius 2 is 1.43 bits per heavy atom. The zero-order valence-corrected chi connectivity index (χ0v) is 12.9. The van der Waals surface area contributed by atoms with Gasteiger partial charge in [-0.3, -0.25) is 4.79 Å². The Hall–Kier alpha value is -2.32. The maximum atomic E-state index is 12.8. The fourth-order valence-electron chi connectivity index (χ4n) is 1.75. The summed E-state index contributed by atoms with van der Waals surface area (Å²) >= 11 is 0. The molecule has 1 amide bonds. The lowest BCUT2D eigenvalue weighted by Crippen LogP contribution is -2.41.